The van der Waals surface area contributed by atoms with E-state index >= 15 is 0 Å². The van der Waals surface area contributed by atoms with Gasteiger partial charge in [0.1, 0.15) is 5.75 Å². The van der Waals surface area contributed by atoms with Gasteiger partial charge in [0.25, 0.3) is 0 Å². The van der Waals surface area contributed by atoms with Crippen LogP contribution in [0.5, 0.6) is 5.75 Å². The van der Waals surface area contributed by atoms with Crippen molar-refractivity contribution in [1.29, 1.82) is 0 Å². The number of ether oxygens (including phenoxy) is 1. The van der Waals surface area contributed by atoms with E-state index in [-0.39, 0.29) is 6.10 Å². The first-order valence-electron chi connectivity index (χ1n) is 7.21. The van der Waals surface area contributed by atoms with Crippen LogP contribution in [0.15, 0.2) is 23.1 Å². The Morgan fingerprint density at radius 2 is 2.20 bits per heavy atom. The highest BCUT2D eigenvalue weighted by Crippen LogP contribution is 2.29. The standard InChI is InChI=1S/C16H25NO2S/c1-17(11-13-5-4-6-14(13)18)10-12-7-8-15(19-2)16(9-12)20-3/h7-9,13-14,18H,4-6,10-11H2,1-3H3. The molecular weight excluding hydrogens is 270 g/mol. The van der Waals surface area contributed by atoms with Crippen LogP contribution < -0.4 is 4.74 Å². The molecule has 1 aliphatic rings. The highest BCUT2D eigenvalue weighted by atomic mass is 32.2. The fourth-order valence-corrected chi connectivity index (χ4v) is 3.61. The number of aliphatic hydroxyl groups excluding tert-OH is 1. The minimum absolute atomic E-state index is 0.102. The number of hydrogen-bond donors (Lipinski definition) is 1. The topological polar surface area (TPSA) is 32.7 Å². The maximum atomic E-state index is 9.91. The number of aliphatic hydroxyl groups is 1. The lowest BCUT2D eigenvalue weighted by molar-refractivity contribution is 0.108. The molecule has 1 fully saturated rings. The molecule has 0 spiro atoms. The first-order chi connectivity index (χ1) is 9.63. The Balaban J connectivity index is 1.95. The zero-order chi connectivity index (χ0) is 14.5. The number of rotatable bonds is 6. The van der Waals surface area contributed by atoms with E-state index in [0.717, 1.165) is 31.7 Å². The molecule has 4 heteroatoms. The summed E-state index contributed by atoms with van der Waals surface area (Å²) in [5.74, 6) is 1.38. The number of nitrogens with zero attached hydrogens (tertiary/aromatic N) is 1. The van der Waals surface area contributed by atoms with Gasteiger partial charge in [0.2, 0.25) is 0 Å². The maximum Gasteiger partial charge on any atom is 0.132 e. The fraction of sp³-hybridized carbons (Fsp3) is 0.625. The van der Waals surface area contributed by atoms with Crippen LogP contribution in [-0.4, -0.2) is 43.1 Å². The second-order valence-corrected chi connectivity index (χ2v) is 6.49. The lowest BCUT2D eigenvalue weighted by Crippen LogP contribution is -2.29. The van der Waals surface area contributed by atoms with Crippen LogP contribution in [0.3, 0.4) is 0 Å². The van der Waals surface area contributed by atoms with E-state index in [1.165, 1.54) is 16.9 Å². The second-order valence-electron chi connectivity index (χ2n) is 5.64. The van der Waals surface area contributed by atoms with Crippen LogP contribution in [0.1, 0.15) is 24.8 Å². The Hall–Kier alpha value is -0.710. The highest BCUT2D eigenvalue weighted by Gasteiger charge is 2.26. The predicted octanol–water partition coefficient (Wildman–Crippen LogP) is 3.01. The molecule has 0 heterocycles. The quantitative estimate of drug-likeness (QED) is 0.818. The number of thioether (sulfide) groups is 1. The molecule has 1 N–H and O–H groups in total. The van der Waals surface area contributed by atoms with Gasteiger partial charge in [-0.1, -0.05) is 12.5 Å². The Morgan fingerprint density at radius 3 is 2.80 bits per heavy atom. The minimum Gasteiger partial charge on any atom is -0.496 e. The van der Waals surface area contributed by atoms with E-state index in [4.69, 9.17) is 4.74 Å². The SMILES string of the molecule is COc1ccc(CN(C)CC2CCCC2O)cc1SC. The van der Waals surface area contributed by atoms with Crippen molar-refractivity contribution in [2.45, 2.75) is 36.8 Å². The Kier molecular flexibility index (Phi) is 5.75. The van der Waals surface area contributed by atoms with Gasteiger partial charge in [-0.05, 0) is 49.8 Å². The van der Waals surface area contributed by atoms with Gasteiger partial charge < -0.3 is 14.7 Å². The van der Waals surface area contributed by atoms with Crippen LogP contribution in [0.2, 0.25) is 0 Å². The fourth-order valence-electron chi connectivity index (χ4n) is 2.99. The molecule has 20 heavy (non-hydrogen) atoms. The molecule has 0 amide bonds. The van der Waals surface area contributed by atoms with E-state index in [0.29, 0.717) is 5.92 Å². The summed E-state index contributed by atoms with van der Waals surface area (Å²) in [5.41, 5.74) is 1.30. The molecule has 1 aromatic carbocycles. The molecule has 0 saturated heterocycles. The van der Waals surface area contributed by atoms with Crippen molar-refractivity contribution in [3.63, 3.8) is 0 Å². The van der Waals surface area contributed by atoms with E-state index in [1.54, 1.807) is 18.9 Å². The van der Waals surface area contributed by atoms with Gasteiger partial charge in [-0.15, -0.1) is 11.8 Å². The van der Waals surface area contributed by atoms with E-state index < -0.39 is 0 Å². The van der Waals surface area contributed by atoms with Crippen LogP contribution >= 0.6 is 11.8 Å². The van der Waals surface area contributed by atoms with Gasteiger partial charge in [-0.2, -0.15) is 0 Å². The monoisotopic (exact) mass is 295 g/mol. The van der Waals surface area contributed by atoms with Gasteiger partial charge in [0, 0.05) is 18.0 Å². The summed E-state index contributed by atoms with van der Waals surface area (Å²) in [6, 6.07) is 6.37. The molecule has 2 rings (SSSR count). The predicted molar refractivity (Wildman–Crippen MR) is 84.5 cm³/mol. The van der Waals surface area contributed by atoms with Crippen molar-refractivity contribution in [3.05, 3.63) is 23.8 Å². The summed E-state index contributed by atoms with van der Waals surface area (Å²) in [6.07, 6.45) is 5.26. The largest absolute Gasteiger partial charge is 0.496 e. The van der Waals surface area contributed by atoms with Gasteiger partial charge in [-0.3, -0.25) is 0 Å². The van der Waals surface area contributed by atoms with Crippen LogP contribution in [0.25, 0.3) is 0 Å². The number of benzene rings is 1. The summed E-state index contributed by atoms with van der Waals surface area (Å²) >= 11 is 1.71. The van der Waals surface area contributed by atoms with Gasteiger partial charge in [0.15, 0.2) is 0 Å². The molecule has 0 bridgehead atoms. The zero-order valence-electron chi connectivity index (χ0n) is 12.6. The van der Waals surface area contributed by atoms with Crippen LogP contribution in [0, 0.1) is 5.92 Å². The highest BCUT2D eigenvalue weighted by molar-refractivity contribution is 7.98. The van der Waals surface area contributed by atoms with Crippen molar-refractivity contribution in [3.8, 4) is 5.75 Å². The third kappa shape index (κ3) is 3.90. The molecule has 112 valence electrons. The molecule has 1 saturated carbocycles. The van der Waals surface area contributed by atoms with Crippen LogP contribution in [0.4, 0.5) is 0 Å². The summed E-state index contributed by atoms with van der Waals surface area (Å²) in [4.78, 5) is 3.49. The molecular formula is C16H25NO2S. The normalized spacial score (nSPS) is 22.4. The van der Waals surface area contributed by atoms with Crippen molar-refractivity contribution in [1.82, 2.24) is 4.90 Å². The summed E-state index contributed by atoms with van der Waals surface area (Å²) in [5, 5.41) is 9.91. The molecule has 1 aliphatic carbocycles. The average Bonchev–Trinajstić information content (AvgIpc) is 2.84. The van der Waals surface area contributed by atoms with Crippen LogP contribution in [-0.2, 0) is 6.54 Å². The minimum atomic E-state index is -0.102. The average molecular weight is 295 g/mol. The Bertz CT molecular complexity index is 438. The van der Waals surface area contributed by atoms with Gasteiger partial charge in [-0.25, -0.2) is 0 Å². The van der Waals surface area contributed by atoms with Crippen molar-refractivity contribution in [2.24, 2.45) is 5.92 Å². The molecule has 3 nitrogen and oxygen atoms in total. The molecule has 0 radical (unpaired) electrons. The lowest BCUT2D eigenvalue weighted by atomic mass is 10.1. The van der Waals surface area contributed by atoms with E-state index in [9.17, 15) is 5.11 Å². The van der Waals surface area contributed by atoms with Gasteiger partial charge in [0.05, 0.1) is 13.2 Å². The lowest BCUT2D eigenvalue weighted by Gasteiger charge is -2.23. The van der Waals surface area contributed by atoms with Crippen molar-refractivity contribution < 1.29 is 9.84 Å². The number of methoxy groups -OCH3 is 1. The molecule has 2 unspecified atom stereocenters. The number of hydrogen-bond acceptors (Lipinski definition) is 4. The van der Waals surface area contributed by atoms with E-state index in [1.807, 2.05) is 6.07 Å². The third-order valence-electron chi connectivity index (χ3n) is 4.07. The molecule has 2 atom stereocenters. The maximum absolute atomic E-state index is 9.91. The smallest absolute Gasteiger partial charge is 0.132 e. The first-order valence-corrected chi connectivity index (χ1v) is 8.44. The Morgan fingerprint density at radius 1 is 1.40 bits per heavy atom. The second kappa shape index (κ2) is 7.34. The summed E-state index contributed by atoms with van der Waals surface area (Å²) in [7, 11) is 3.84. The van der Waals surface area contributed by atoms with Gasteiger partial charge >= 0.3 is 0 Å². The zero-order valence-corrected chi connectivity index (χ0v) is 13.4. The summed E-state index contributed by atoms with van der Waals surface area (Å²) < 4.78 is 5.35. The van der Waals surface area contributed by atoms with Crippen molar-refractivity contribution in [2.75, 3.05) is 27.0 Å². The third-order valence-corrected chi connectivity index (χ3v) is 4.82. The molecule has 0 aliphatic heterocycles. The molecule has 1 aromatic rings. The van der Waals surface area contributed by atoms with Crippen molar-refractivity contribution >= 4 is 11.8 Å². The first kappa shape index (κ1) is 15.7. The molecule has 0 aromatic heterocycles. The summed E-state index contributed by atoms with van der Waals surface area (Å²) in [6.45, 7) is 1.89. The van der Waals surface area contributed by atoms with E-state index in [2.05, 4.69) is 30.3 Å². The Labute approximate surface area is 126 Å².